The molecule has 0 heterocycles. The van der Waals surface area contributed by atoms with E-state index in [1.807, 2.05) is 0 Å². The Bertz CT molecular complexity index is 132. The topological polar surface area (TPSA) is 15.3 Å². The Hall–Kier alpha value is -0.0800. The maximum Gasteiger partial charge on any atom is 0.00870 e. The second kappa shape index (κ2) is 9.17. The van der Waals surface area contributed by atoms with E-state index in [1.54, 1.807) is 0 Å². The van der Waals surface area contributed by atoms with Gasteiger partial charge in [0.2, 0.25) is 0 Å². The van der Waals surface area contributed by atoms with Crippen molar-refractivity contribution in [3.63, 3.8) is 0 Å². The van der Waals surface area contributed by atoms with Crippen molar-refractivity contribution in [2.24, 2.45) is 5.92 Å². The molecule has 0 bridgehead atoms. The summed E-state index contributed by atoms with van der Waals surface area (Å²) in [6, 6.07) is 0.763. The minimum absolute atomic E-state index is 0.752. The summed E-state index contributed by atoms with van der Waals surface area (Å²) in [6.07, 6.45) is 3.76. The molecule has 92 valence electrons. The van der Waals surface area contributed by atoms with Crippen molar-refractivity contribution in [2.45, 2.75) is 53.0 Å². The molecule has 0 fully saturated rings. The first kappa shape index (κ1) is 14.9. The summed E-state index contributed by atoms with van der Waals surface area (Å²) < 4.78 is 0. The molecule has 0 amide bonds. The van der Waals surface area contributed by atoms with Gasteiger partial charge in [0.1, 0.15) is 0 Å². The molecule has 0 aromatic heterocycles. The lowest BCUT2D eigenvalue weighted by Gasteiger charge is -2.28. The first-order chi connectivity index (χ1) is 7.15. The van der Waals surface area contributed by atoms with Crippen molar-refractivity contribution in [3.8, 4) is 0 Å². The third kappa shape index (κ3) is 6.91. The summed E-state index contributed by atoms with van der Waals surface area (Å²) in [5.41, 5.74) is 0. The highest BCUT2D eigenvalue weighted by Crippen LogP contribution is 2.08. The molecule has 0 rings (SSSR count). The lowest BCUT2D eigenvalue weighted by molar-refractivity contribution is 0.199. The van der Waals surface area contributed by atoms with E-state index < -0.39 is 0 Å². The molecular weight excluding hydrogens is 184 g/mol. The van der Waals surface area contributed by atoms with E-state index in [-0.39, 0.29) is 0 Å². The Labute approximate surface area is 96.4 Å². The van der Waals surface area contributed by atoms with Crippen LogP contribution in [0.3, 0.4) is 0 Å². The van der Waals surface area contributed by atoms with Crippen molar-refractivity contribution in [2.75, 3.05) is 26.7 Å². The van der Waals surface area contributed by atoms with Crippen LogP contribution in [-0.4, -0.2) is 37.6 Å². The highest BCUT2D eigenvalue weighted by molar-refractivity contribution is 4.69. The molecule has 1 atom stereocenters. The van der Waals surface area contributed by atoms with Crippen molar-refractivity contribution in [1.82, 2.24) is 10.2 Å². The number of hydrogen-bond acceptors (Lipinski definition) is 2. The van der Waals surface area contributed by atoms with Crippen LogP contribution in [0.1, 0.15) is 47.0 Å². The van der Waals surface area contributed by atoms with E-state index in [4.69, 9.17) is 0 Å². The van der Waals surface area contributed by atoms with Crippen LogP contribution in [0.15, 0.2) is 0 Å². The van der Waals surface area contributed by atoms with Crippen LogP contribution in [-0.2, 0) is 0 Å². The van der Waals surface area contributed by atoms with Crippen LogP contribution in [0, 0.1) is 5.92 Å². The smallest absolute Gasteiger partial charge is 0.00870 e. The first-order valence-electron chi connectivity index (χ1n) is 6.56. The third-order valence-corrected chi connectivity index (χ3v) is 3.09. The molecule has 2 heteroatoms. The van der Waals surface area contributed by atoms with Crippen molar-refractivity contribution in [1.29, 1.82) is 0 Å². The molecule has 0 saturated heterocycles. The van der Waals surface area contributed by atoms with Gasteiger partial charge in [-0.15, -0.1) is 0 Å². The average Bonchev–Trinajstić information content (AvgIpc) is 2.20. The number of rotatable bonds is 9. The predicted octanol–water partition coefficient (Wildman–Crippen LogP) is 2.74. The molecule has 0 aromatic carbocycles. The Balaban J connectivity index is 3.68. The zero-order valence-electron chi connectivity index (χ0n) is 11.3. The summed E-state index contributed by atoms with van der Waals surface area (Å²) >= 11 is 0. The van der Waals surface area contributed by atoms with Gasteiger partial charge in [0, 0.05) is 12.6 Å². The monoisotopic (exact) mass is 214 g/mol. The normalized spacial score (nSPS) is 13.8. The Kier molecular flexibility index (Phi) is 9.12. The number of hydrogen-bond donors (Lipinski definition) is 1. The van der Waals surface area contributed by atoms with Gasteiger partial charge in [-0.05, 0) is 45.3 Å². The molecule has 0 aliphatic carbocycles. The van der Waals surface area contributed by atoms with Crippen LogP contribution in [0.5, 0.6) is 0 Å². The highest BCUT2D eigenvalue weighted by Gasteiger charge is 2.12. The van der Waals surface area contributed by atoms with E-state index in [1.165, 1.54) is 25.8 Å². The summed E-state index contributed by atoms with van der Waals surface area (Å²) in [5, 5.41) is 3.49. The Morgan fingerprint density at radius 2 is 1.73 bits per heavy atom. The van der Waals surface area contributed by atoms with Crippen LogP contribution in [0.25, 0.3) is 0 Å². The zero-order chi connectivity index (χ0) is 11.7. The fourth-order valence-corrected chi connectivity index (χ4v) is 2.14. The minimum atomic E-state index is 0.752. The van der Waals surface area contributed by atoms with Crippen molar-refractivity contribution < 1.29 is 0 Å². The van der Waals surface area contributed by atoms with Crippen LogP contribution in [0.4, 0.5) is 0 Å². The largest absolute Gasteiger partial charge is 0.316 e. The van der Waals surface area contributed by atoms with Crippen molar-refractivity contribution in [3.05, 3.63) is 0 Å². The molecule has 0 aromatic rings. The van der Waals surface area contributed by atoms with Gasteiger partial charge in [-0.25, -0.2) is 0 Å². The number of nitrogens with one attached hydrogen (secondary N) is 1. The molecule has 0 saturated carbocycles. The van der Waals surface area contributed by atoms with Gasteiger partial charge in [0.05, 0.1) is 0 Å². The van der Waals surface area contributed by atoms with E-state index in [0.29, 0.717) is 0 Å². The lowest BCUT2D eigenvalue weighted by Crippen LogP contribution is -2.37. The molecule has 2 nitrogen and oxygen atoms in total. The molecule has 15 heavy (non-hydrogen) atoms. The fourth-order valence-electron chi connectivity index (χ4n) is 2.14. The van der Waals surface area contributed by atoms with Gasteiger partial charge < -0.3 is 10.2 Å². The van der Waals surface area contributed by atoms with Crippen LogP contribution in [0.2, 0.25) is 0 Å². The SMILES string of the molecule is CCCNCC(C)CN(C)C(CC)CC. The Morgan fingerprint density at radius 3 is 2.20 bits per heavy atom. The van der Waals surface area contributed by atoms with Gasteiger partial charge >= 0.3 is 0 Å². The summed E-state index contributed by atoms with van der Waals surface area (Å²) in [5.74, 6) is 0.752. The van der Waals surface area contributed by atoms with Gasteiger partial charge in [0.25, 0.3) is 0 Å². The quantitative estimate of drug-likeness (QED) is 0.594. The van der Waals surface area contributed by atoms with E-state index >= 15 is 0 Å². The van der Waals surface area contributed by atoms with Gasteiger partial charge in [0.15, 0.2) is 0 Å². The van der Waals surface area contributed by atoms with E-state index in [0.717, 1.165) is 25.0 Å². The molecule has 1 N–H and O–H groups in total. The molecule has 0 radical (unpaired) electrons. The lowest BCUT2D eigenvalue weighted by atomic mass is 10.1. The highest BCUT2D eigenvalue weighted by atomic mass is 15.1. The predicted molar refractivity (Wildman–Crippen MR) is 69.3 cm³/mol. The molecule has 0 spiro atoms. The Morgan fingerprint density at radius 1 is 1.13 bits per heavy atom. The second-order valence-corrected chi connectivity index (χ2v) is 4.72. The minimum Gasteiger partial charge on any atom is -0.316 e. The van der Waals surface area contributed by atoms with Crippen LogP contribution >= 0.6 is 0 Å². The van der Waals surface area contributed by atoms with E-state index in [2.05, 4.69) is 45.0 Å². The summed E-state index contributed by atoms with van der Waals surface area (Å²) in [6.45, 7) is 12.6. The molecule has 0 aliphatic heterocycles. The van der Waals surface area contributed by atoms with Gasteiger partial charge in [-0.1, -0.05) is 27.7 Å². The molecular formula is C13H30N2. The summed E-state index contributed by atoms with van der Waals surface area (Å²) in [7, 11) is 2.26. The molecule has 0 aliphatic rings. The summed E-state index contributed by atoms with van der Waals surface area (Å²) in [4.78, 5) is 2.51. The van der Waals surface area contributed by atoms with Crippen LogP contribution < -0.4 is 5.32 Å². The van der Waals surface area contributed by atoms with Gasteiger partial charge in [-0.3, -0.25) is 0 Å². The van der Waals surface area contributed by atoms with Crippen molar-refractivity contribution >= 4 is 0 Å². The average molecular weight is 214 g/mol. The van der Waals surface area contributed by atoms with E-state index in [9.17, 15) is 0 Å². The zero-order valence-corrected chi connectivity index (χ0v) is 11.3. The maximum absolute atomic E-state index is 3.49. The standard InChI is InChI=1S/C13H30N2/c1-6-9-14-10-12(4)11-15(5)13(7-2)8-3/h12-14H,6-11H2,1-5H3. The number of nitrogens with zero attached hydrogens (tertiary/aromatic N) is 1. The third-order valence-electron chi connectivity index (χ3n) is 3.09. The maximum atomic E-state index is 3.49. The first-order valence-corrected chi connectivity index (χ1v) is 6.56. The fraction of sp³-hybridized carbons (Fsp3) is 1.00. The van der Waals surface area contributed by atoms with Gasteiger partial charge in [-0.2, -0.15) is 0 Å². The second-order valence-electron chi connectivity index (χ2n) is 4.72. The molecule has 1 unspecified atom stereocenters.